The summed E-state index contributed by atoms with van der Waals surface area (Å²) in [5, 5.41) is 5.95. The van der Waals surface area contributed by atoms with Gasteiger partial charge in [0.05, 0.1) is 18.7 Å². The molecular weight excluding hydrogens is 418 g/mol. The molecule has 3 atom stereocenters. The van der Waals surface area contributed by atoms with Crippen LogP contribution in [0.3, 0.4) is 0 Å². The number of carbonyl (C=O) groups excluding carboxylic acids is 3. The maximum Gasteiger partial charge on any atom is 0.316 e. The normalized spacial score (nSPS) is 25.2. The summed E-state index contributed by atoms with van der Waals surface area (Å²) in [7, 11) is 0. The predicted octanol–water partition coefficient (Wildman–Crippen LogP) is 2.56. The number of carbonyl (C=O) groups is 3. The molecule has 5 rings (SSSR count). The maximum absolute atomic E-state index is 13.3. The average molecular weight is 448 g/mol. The van der Waals surface area contributed by atoms with E-state index in [9.17, 15) is 14.4 Å². The van der Waals surface area contributed by atoms with Gasteiger partial charge in [0.15, 0.2) is 0 Å². The van der Waals surface area contributed by atoms with E-state index in [1.807, 2.05) is 42.5 Å². The van der Waals surface area contributed by atoms with E-state index in [0.717, 1.165) is 23.2 Å². The SMILES string of the molecule is CC1(C)CC(NC(=O)C(=O)N2CC(CC3COCC(=O)N3)c3ccccc32)c2ccccc21. The van der Waals surface area contributed by atoms with Crippen LogP contribution in [0, 0.1) is 0 Å². The largest absolute Gasteiger partial charge is 0.370 e. The summed E-state index contributed by atoms with van der Waals surface area (Å²) in [6, 6.07) is 15.5. The van der Waals surface area contributed by atoms with Crippen LogP contribution in [0.15, 0.2) is 48.5 Å². The van der Waals surface area contributed by atoms with E-state index in [1.54, 1.807) is 4.90 Å². The Morgan fingerprint density at radius 1 is 1.12 bits per heavy atom. The Balaban J connectivity index is 1.31. The van der Waals surface area contributed by atoms with Gasteiger partial charge >= 0.3 is 11.8 Å². The number of para-hydroxylation sites is 1. The number of anilines is 1. The molecule has 0 radical (unpaired) electrons. The second kappa shape index (κ2) is 8.30. The molecule has 1 saturated heterocycles. The van der Waals surface area contributed by atoms with Crippen LogP contribution in [0.2, 0.25) is 0 Å². The van der Waals surface area contributed by atoms with Crippen LogP contribution in [0.4, 0.5) is 5.69 Å². The minimum absolute atomic E-state index is 0.0242. The van der Waals surface area contributed by atoms with E-state index in [0.29, 0.717) is 19.6 Å². The lowest BCUT2D eigenvalue weighted by Crippen LogP contribution is -2.47. The Labute approximate surface area is 193 Å². The molecule has 0 aromatic heterocycles. The Morgan fingerprint density at radius 3 is 2.64 bits per heavy atom. The molecule has 3 amide bonds. The first-order valence-electron chi connectivity index (χ1n) is 11.5. The van der Waals surface area contributed by atoms with Gasteiger partial charge in [-0.15, -0.1) is 0 Å². The third-order valence-corrected chi connectivity index (χ3v) is 7.08. The number of amides is 3. The predicted molar refractivity (Wildman–Crippen MR) is 124 cm³/mol. The standard InChI is InChI=1S/C26H29N3O4/c1-26(2)12-21(19-8-3-5-9-20(19)26)28-24(31)25(32)29-13-16(18-7-4-6-10-22(18)29)11-17-14-33-15-23(30)27-17/h3-10,16-17,21H,11-15H2,1-2H3,(H,27,30)(H,28,31). The van der Waals surface area contributed by atoms with Crippen molar-refractivity contribution in [1.82, 2.24) is 10.6 Å². The molecule has 0 bridgehead atoms. The Bertz CT molecular complexity index is 1110. The number of morpholine rings is 1. The number of benzene rings is 2. The van der Waals surface area contributed by atoms with Gasteiger partial charge in [0, 0.05) is 18.2 Å². The van der Waals surface area contributed by atoms with Crippen molar-refractivity contribution in [2.75, 3.05) is 24.7 Å². The zero-order chi connectivity index (χ0) is 23.2. The van der Waals surface area contributed by atoms with Crippen molar-refractivity contribution in [2.24, 2.45) is 0 Å². The number of nitrogens with zero attached hydrogens (tertiary/aromatic N) is 1. The first-order valence-corrected chi connectivity index (χ1v) is 11.5. The van der Waals surface area contributed by atoms with Crippen LogP contribution in [-0.4, -0.2) is 43.5 Å². The van der Waals surface area contributed by atoms with E-state index in [-0.39, 0.29) is 35.9 Å². The Morgan fingerprint density at radius 2 is 1.85 bits per heavy atom. The molecule has 172 valence electrons. The summed E-state index contributed by atoms with van der Waals surface area (Å²) >= 11 is 0. The molecule has 2 heterocycles. The molecule has 33 heavy (non-hydrogen) atoms. The van der Waals surface area contributed by atoms with Gasteiger partial charge in [-0.05, 0) is 41.0 Å². The van der Waals surface area contributed by atoms with Gasteiger partial charge in [-0.1, -0.05) is 56.3 Å². The van der Waals surface area contributed by atoms with Gasteiger partial charge in [-0.3, -0.25) is 14.4 Å². The molecule has 0 spiro atoms. The number of hydrogen-bond donors (Lipinski definition) is 2. The lowest BCUT2D eigenvalue weighted by atomic mass is 9.86. The summed E-state index contributed by atoms with van der Waals surface area (Å²) in [5.74, 6) is -1.23. The summed E-state index contributed by atoms with van der Waals surface area (Å²) in [4.78, 5) is 39.6. The van der Waals surface area contributed by atoms with Crippen molar-refractivity contribution in [3.05, 3.63) is 65.2 Å². The number of hydrogen-bond acceptors (Lipinski definition) is 4. The number of rotatable bonds is 3. The highest BCUT2D eigenvalue weighted by molar-refractivity contribution is 6.40. The minimum Gasteiger partial charge on any atom is -0.370 e. The second-order valence-electron chi connectivity index (χ2n) is 9.89. The van der Waals surface area contributed by atoms with Crippen LogP contribution < -0.4 is 15.5 Å². The molecule has 1 fully saturated rings. The molecule has 3 unspecified atom stereocenters. The van der Waals surface area contributed by atoms with E-state index >= 15 is 0 Å². The Hall–Kier alpha value is -3.19. The fourth-order valence-corrected chi connectivity index (χ4v) is 5.58. The van der Waals surface area contributed by atoms with E-state index in [4.69, 9.17) is 4.74 Å². The molecule has 1 aliphatic carbocycles. The lowest BCUT2D eigenvalue weighted by molar-refractivity contribution is -0.138. The van der Waals surface area contributed by atoms with Crippen LogP contribution in [-0.2, 0) is 24.5 Å². The highest BCUT2D eigenvalue weighted by Gasteiger charge is 2.40. The molecule has 7 heteroatoms. The molecule has 3 aliphatic rings. The van der Waals surface area contributed by atoms with Crippen LogP contribution in [0.1, 0.15) is 55.3 Å². The zero-order valence-electron chi connectivity index (χ0n) is 19.0. The van der Waals surface area contributed by atoms with Crippen molar-refractivity contribution in [2.45, 2.75) is 50.1 Å². The highest BCUT2D eigenvalue weighted by atomic mass is 16.5. The van der Waals surface area contributed by atoms with E-state index < -0.39 is 11.8 Å². The number of nitrogens with one attached hydrogen (secondary N) is 2. The van der Waals surface area contributed by atoms with Crippen molar-refractivity contribution in [3.8, 4) is 0 Å². The van der Waals surface area contributed by atoms with Gasteiger partial charge in [0.25, 0.3) is 0 Å². The van der Waals surface area contributed by atoms with Crippen molar-refractivity contribution < 1.29 is 19.1 Å². The molecule has 2 aromatic rings. The molecule has 0 saturated carbocycles. The van der Waals surface area contributed by atoms with Crippen molar-refractivity contribution >= 4 is 23.4 Å². The topological polar surface area (TPSA) is 87.7 Å². The van der Waals surface area contributed by atoms with Crippen LogP contribution in [0.5, 0.6) is 0 Å². The van der Waals surface area contributed by atoms with Crippen LogP contribution in [0.25, 0.3) is 0 Å². The highest BCUT2D eigenvalue weighted by Crippen LogP contribution is 2.44. The second-order valence-corrected chi connectivity index (χ2v) is 9.89. The third kappa shape index (κ3) is 4.02. The molecule has 2 aromatic carbocycles. The molecular formula is C26H29N3O4. The fourth-order valence-electron chi connectivity index (χ4n) is 5.58. The van der Waals surface area contributed by atoms with Gasteiger partial charge in [0.1, 0.15) is 6.61 Å². The van der Waals surface area contributed by atoms with Gasteiger partial charge in [0.2, 0.25) is 5.91 Å². The summed E-state index contributed by atoms with van der Waals surface area (Å²) < 4.78 is 5.37. The zero-order valence-corrected chi connectivity index (χ0v) is 19.0. The molecule has 2 aliphatic heterocycles. The first kappa shape index (κ1) is 21.6. The average Bonchev–Trinajstić information content (AvgIpc) is 3.28. The summed E-state index contributed by atoms with van der Waals surface area (Å²) in [5.41, 5.74) is 4.02. The minimum atomic E-state index is -0.586. The smallest absolute Gasteiger partial charge is 0.316 e. The Kier molecular flexibility index (Phi) is 5.44. The lowest BCUT2D eigenvalue weighted by Gasteiger charge is -2.26. The van der Waals surface area contributed by atoms with Crippen LogP contribution >= 0.6 is 0 Å². The summed E-state index contributed by atoms with van der Waals surface area (Å²) in [6.07, 6.45) is 1.41. The van der Waals surface area contributed by atoms with E-state index in [2.05, 4.69) is 30.5 Å². The van der Waals surface area contributed by atoms with Crippen molar-refractivity contribution in [1.29, 1.82) is 0 Å². The maximum atomic E-state index is 13.3. The third-order valence-electron chi connectivity index (χ3n) is 7.08. The molecule has 2 N–H and O–H groups in total. The summed E-state index contributed by atoms with van der Waals surface area (Å²) in [6.45, 7) is 5.27. The van der Waals surface area contributed by atoms with Gasteiger partial charge < -0.3 is 20.3 Å². The fraction of sp³-hybridized carbons (Fsp3) is 0.423. The number of ether oxygens (including phenoxy) is 1. The number of fused-ring (bicyclic) bond motifs is 2. The first-order chi connectivity index (χ1) is 15.8. The molecule has 7 nitrogen and oxygen atoms in total. The van der Waals surface area contributed by atoms with Crippen molar-refractivity contribution in [3.63, 3.8) is 0 Å². The van der Waals surface area contributed by atoms with Gasteiger partial charge in [-0.2, -0.15) is 0 Å². The monoisotopic (exact) mass is 447 g/mol. The van der Waals surface area contributed by atoms with E-state index in [1.165, 1.54) is 5.56 Å². The quantitative estimate of drug-likeness (QED) is 0.708. The van der Waals surface area contributed by atoms with Gasteiger partial charge in [-0.25, -0.2) is 0 Å².